The smallest absolute Gasteiger partial charge is 0.411 e. The van der Waals surface area contributed by atoms with Crippen LogP contribution < -0.4 is 16.4 Å². The predicted molar refractivity (Wildman–Crippen MR) is 124 cm³/mol. The van der Waals surface area contributed by atoms with E-state index in [4.69, 9.17) is 10.5 Å². The van der Waals surface area contributed by atoms with Crippen molar-refractivity contribution in [3.05, 3.63) is 72.3 Å². The molecule has 1 amide bonds. The van der Waals surface area contributed by atoms with Gasteiger partial charge in [-0.15, -0.1) is 0 Å². The summed E-state index contributed by atoms with van der Waals surface area (Å²) in [5.74, 6) is 0. The van der Waals surface area contributed by atoms with Crippen molar-refractivity contribution in [1.29, 1.82) is 0 Å². The summed E-state index contributed by atoms with van der Waals surface area (Å²) in [7, 11) is 0. The molecule has 0 saturated carbocycles. The second kappa shape index (κ2) is 8.89. The van der Waals surface area contributed by atoms with Gasteiger partial charge in [0.15, 0.2) is 6.23 Å². The normalized spacial score (nSPS) is 11.9. The van der Waals surface area contributed by atoms with Gasteiger partial charge >= 0.3 is 6.09 Å². The SMILES string of the molecule is CCCOC(=O)Nc1cccc(C(O)Nc2c3ccccc3nc3c(N)cccc23)c1. The summed E-state index contributed by atoms with van der Waals surface area (Å²) in [6.07, 6.45) is -0.805. The van der Waals surface area contributed by atoms with Gasteiger partial charge in [0, 0.05) is 22.0 Å². The maximum absolute atomic E-state index is 11.8. The zero-order valence-corrected chi connectivity index (χ0v) is 17.1. The van der Waals surface area contributed by atoms with Crippen LogP contribution in [0.4, 0.5) is 21.9 Å². The number of hydrogen-bond acceptors (Lipinski definition) is 6. The molecule has 0 aliphatic heterocycles. The van der Waals surface area contributed by atoms with Crippen molar-refractivity contribution in [1.82, 2.24) is 4.98 Å². The molecule has 158 valence electrons. The Morgan fingerprint density at radius 3 is 2.71 bits per heavy atom. The first-order valence-electron chi connectivity index (χ1n) is 10.1. The second-order valence-corrected chi connectivity index (χ2v) is 7.18. The number of benzene rings is 3. The average Bonchev–Trinajstić information content (AvgIpc) is 2.78. The van der Waals surface area contributed by atoms with Crippen molar-refractivity contribution in [3.8, 4) is 0 Å². The molecule has 31 heavy (non-hydrogen) atoms. The number of carbonyl (C=O) groups excluding carboxylic acids is 1. The summed E-state index contributed by atoms with van der Waals surface area (Å²) in [6.45, 7) is 2.27. The van der Waals surface area contributed by atoms with Crippen LogP contribution >= 0.6 is 0 Å². The fourth-order valence-corrected chi connectivity index (χ4v) is 3.45. The number of nitrogen functional groups attached to an aromatic ring is 1. The Labute approximate surface area is 179 Å². The molecule has 1 aromatic heterocycles. The van der Waals surface area contributed by atoms with Crippen molar-refractivity contribution in [2.75, 3.05) is 23.0 Å². The van der Waals surface area contributed by atoms with Gasteiger partial charge < -0.3 is 20.9 Å². The number of fused-ring (bicyclic) bond motifs is 2. The summed E-state index contributed by atoms with van der Waals surface area (Å²) in [5, 5.41) is 18.5. The monoisotopic (exact) mass is 416 g/mol. The maximum atomic E-state index is 11.8. The first-order valence-corrected chi connectivity index (χ1v) is 10.1. The van der Waals surface area contributed by atoms with Gasteiger partial charge in [-0.3, -0.25) is 5.32 Å². The van der Waals surface area contributed by atoms with Crippen LogP contribution in [-0.4, -0.2) is 22.8 Å². The predicted octanol–water partition coefficient (Wildman–Crippen LogP) is 5.03. The number of aromatic nitrogens is 1. The van der Waals surface area contributed by atoms with E-state index in [9.17, 15) is 9.90 Å². The Morgan fingerprint density at radius 2 is 1.87 bits per heavy atom. The molecule has 0 bridgehead atoms. The van der Waals surface area contributed by atoms with Crippen LogP contribution in [0.1, 0.15) is 25.1 Å². The zero-order valence-electron chi connectivity index (χ0n) is 17.1. The molecule has 0 radical (unpaired) electrons. The number of nitrogens with two attached hydrogens (primary N) is 1. The number of aliphatic hydroxyl groups is 1. The van der Waals surface area contributed by atoms with Crippen molar-refractivity contribution < 1.29 is 14.6 Å². The Morgan fingerprint density at radius 1 is 1.10 bits per heavy atom. The lowest BCUT2D eigenvalue weighted by atomic mass is 10.1. The minimum atomic E-state index is -1.02. The molecule has 0 saturated heterocycles. The molecule has 0 fully saturated rings. The molecule has 1 heterocycles. The molecule has 5 N–H and O–H groups in total. The Kier molecular flexibility index (Phi) is 5.86. The fraction of sp³-hybridized carbons (Fsp3) is 0.167. The number of para-hydroxylation sites is 2. The first-order chi connectivity index (χ1) is 15.1. The van der Waals surface area contributed by atoms with Gasteiger partial charge in [-0.2, -0.15) is 0 Å². The third kappa shape index (κ3) is 4.36. The minimum absolute atomic E-state index is 0.348. The van der Waals surface area contributed by atoms with Gasteiger partial charge in [0.1, 0.15) is 0 Å². The highest BCUT2D eigenvalue weighted by Crippen LogP contribution is 2.35. The highest BCUT2D eigenvalue weighted by molar-refractivity contribution is 6.10. The van der Waals surface area contributed by atoms with E-state index in [1.54, 1.807) is 30.3 Å². The highest BCUT2D eigenvalue weighted by Gasteiger charge is 2.15. The number of nitrogens with one attached hydrogen (secondary N) is 2. The number of hydrogen-bond donors (Lipinski definition) is 4. The Balaban J connectivity index is 1.67. The Bertz CT molecular complexity index is 1240. The highest BCUT2D eigenvalue weighted by atomic mass is 16.5. The van der Waals surface area contributed by atoms with Crippen molar-refractivity contribution in [3.63, 3.8) is 0 Å². The summed E-state index contributed by atoms with van der Waals surface area (Å²) in [5.41, 5.74) is 10.0. The topological polar surface area (TPSA) is 110 Å². The van der Waals surface area contributed by atoms with Crippen LogP contribution in [0.3, 0.4) is 0 Å². The van der Waals surface area contributed by atoms with Crippen LogP contribution in [0.2, 0.25) is 0 Å². The molecule has 0 aliphatic rings. The number of nitrogens with zero attached hydrogens (tertiary/aromatic N) is 1. The lowest BCUT2D eigenvalue weighted by Gasteiger charge is -2.19. The first kappa shape index (κ1) is 20.4. The van der Waals surface area contributed by atoms with Crippen LogP contribution in [0.5, 0.6) is 0 Å². The molecular formula is C24H24N4O3. The fourth-order valence-electron chi connectivity index (χ4n) is 3.45. The Hall–Kier alpha value is -3.84. The summed E-state index contributed by atoms with van der Waals surface area (Å²) >= 11 is 0. The summed E-state index contributed by atoms with van der Waals surface area (Å²) in [4.78, 5) is 16.5. The van der Waals surface area contributed by atoms with E-state index in [-0.39, 0.29) is 0 Å². The lowest BCUT2D eigenvalue weighted by Crippen LogP contribution is -2.15. The number of rotatable bonds is 6. The number of amides is 1. The van der Waals surface area contributed by atoms with Gasteiger partial charge in [-0.05, 0) is 30.7 Å². The maximum Gasteiger partial charge on any atom is 0.411 e. The number of anilines is 3. The minimum Gasteiger partial charge on any atom is -0.449 e. The number of aliphatic hydroxyl groups excluding tert-OH is 1. The van der Waals surface area contributed by atoms with Gasteiger partial charge in [0.25, 0.3) is 0 Å². The van der Waals surface area contributed by atoms with E-state index in [0.29, 0.717) is 29.1 Å². The van der Waals surface area contributed by atoms with Crippen molar-refractivity contribution in [2.45, 2.75) is 19.6 Å². The molecule has 1 atom stereocenters. The quantitative estimate of drug-likeness (QED) is 0.199. The van der Waals surface area contributed by atoms with Crippen LogP contribution in [0.15, 0.2) is 66.7 Å². The molecular weight excluding hydrogens is 392 g/mol. The second-order valence-electron chi connectivity index (χ2n) is 7.18. The van der Waals surface area contributed by atoms with Crippen LogP contribution in [-0.2, 0) is 4.74 Å². The summed E-state index contributed by atoms with van der Waals surface area (Å²) < 4.78 is 5.05. The van der Waals surface area contributed by atoms with Crippen LogP contribution in [0.25, 0.3) is 21.8 Å². The van der Waals surface area contributed by atoms with E-state index in [0.717, 1.165) is 28.4 Å². The number of carbonyl (C=O) groups is 1. The van der Waals surface area contributed by atoms with E-state index >= 15 is 0 Å². The molecule has 4 aromatic rings. The molecule has 0 spiro atoms. The number of pyridine rings is 1. The molecule has 7 heteroatoms. The van der Waals surface area contributed by atoms with Gasteiger partial charge in [0.2, 0.25) is 0 Å². The molecule has 1 unspecified atom stereocenters. The van der Waals surface area contributed by atoms with Crippen molar-refractivity contribution in [2.24, 2.45) is 0 Å². The van der Waals surface area contributed by atoms with Gasteiger partial charge in [-0.25, -0.2) is 9.78 Å². The third-order valence-electron chi connectivity index (χ3n) is 4.91. The molecule has 4 rings (SSSR count). The van der Waals surface area contributed by atoms with Crippen molar-refractivity contribution >= 4 is 45.0 Å². The average molecular weight is 416 g/mol. The largest absolute Gasteiger partial charge is 0.449 e. The third-order valence-corrected chi connectivity index (χ3v) is 4.91. The molecule has 7 nitrogen and oxygen atoms in total. The standard InChI is InChI=1S/C24H24N4O3/c1-2-13-31-24(30)26-16-8-5-7-15(14-16)23(29)28-21-17-9-3-4-12-20(17)27-22-18(21)10-6-11-19(22)25/h3-12,14,23,29H,2,13,25H2,1H3,(H,26,30)(H,27,28). The number of ether oxygens (including phenoxy) is 1. The van der Waals surface area contributed by atoms with Crippen LogP contribution in [0, 0.1) is 0 Å². The van der Waals surface area contributed by atoms with E-state index in [2.05, 4.69) is 15.6 Å². The summed E-state index contributed by atoms with van der Waals surface area (Å²) in [6, 6.07) is 20.2. The molecule has 0 aliphatic carbocycles. The van der Waals surface area contributed by atoms with E-state index in [1.165, 1.54) is 0 Å². The lowest BCUT2D eigenvalue weighted by molar-refractivity contribution is 0.161. The zero-order chi connectivity index (χ0) is 21.8. The van der Waals surface area contributed by atoms with E-state index < -0.39 is 12.3 Å². The van der Waals surface area contributed by atoms with Gasteiger partial charge in [0.05, 0.1) is 29.0 Å². The van der Waals surface area contributed by atoms with Gasteiger partial charge in [-0.1, -0.05) is 49.4 Å². The van der Waals surface area contributed by atoms with E-state index in [1.807, 2.05) is 43.3 Å². The molecule has 3 aromatic carbocycles.